The Balaban J connectivity index is 2.45. The average Bonchev–Trinajstić information content (AvgIpc) is 2.45. The topological polar surface area (TPSA) is 58.2 Å². The Labute approximate surface area is 120 Å². The normalized spacial score (nSPS) is 13.8. The van der Waals surface area contributed by atoms with Crippen LogP contribution in [-0.2, 0) is 9.59 Å². The lowest BCUT2D eigenvalue weighted by Gasteiger charge is -2.16. The van der Waals surface area contributed by atoms with E-state index in [1.807, 2.05) is 44.2 Å². The standard InChI is InChI=1S/C16H22N2O2/c1-4-12(2)17-16(20)13(3)18-15(19)11-10-14-8-6-5-7-9-14/h5-13H,4H2,1-3H3,(H,17,20)(H,18,19). The molecule has 2 unspecified atom stereocenters. The number of benzene rings is 1. The maximum atomic E-state index is 11.8. The van der Waals surface area contributed by atoms with E-state index in [1.54, 1.807) is 13.0 Å². The van der Waals surface area contributed by atoms with E-state index in [1.165, 1.54) is 6.08 Å². The number of rotatable bonds is 6. The molecule has 0 radical (unpaired) electrons. The van der Waals surface area contributed by atoms with Crippen molar-refractivity contribution in [3.63, 3.8) is 0 Å². The van der Waals surface area contributed by atoms with Crippen molar-refractivity contribution in [1.29, 1.82) is 0 Å². The van der Waals surface area contributed by atoms with Crippen molar-refractivity contribution in [2.24, 2.45) is 0 Å². The van der Waals surface area contributed by atoms with E-state index in [4.69, 9.17) is 0 Å². The molecular formula is C16H22N2O2. The van der Waals surface area contributed by atoms with Gasteiger partial charge < -0.3 is 10.6 Å². The summed E-state index contributed by atoms with van der Waals surface area (Å²) in [4.78, 5) is 23.5. The lowest BCUT2D eigenvalue weighted by Crippen LogP contribution is -2.46. The van der Waals surface area contributed by atoms with Crippen molar-refractivity contribution in [2.45, 2.75) is 39.3 Å². The van der Waals surface area contributed by atoms with Gasteiger partial charge in [-0.1, -0.05) is 37.3 Å². The first-order valence-corrected chi connectivity index (χ1v) is 6.87. The van der Waals surface area contributed by atoms with E-state index < -0.39 is 6.04 Å². The lowest BCUT2D eigenvalue weighted by atomic mass is 10.2. The van der Waals surface area contributed by atoms with Gasteiger partial charge in [0.2, 0.25) is 11.8 Å². The predicted octanol–water partition coefficient (Wildman–Crippen LogP) is 2.12. The lowest BCUT2D eigenvalue weighted by molar-refractivity contribution is -0.127. The predicted molar refractivity (Wildman–Crippen MR) is 81.0 cm³/mol. The maximum absolute atomic E-state index is 11.8. The van der Waals surface area contributed by atoms with Crippen molar-refractivity contribution in [1.82, 2.24) is 10.6 Å². The second kappa shape index (κ2) is 8.15. The Kier molecular flexibility index (Phi) is 6.50. The smallest absolute Gasteiger partial charge is 0.244 e. The van der Waals surface area contributed by atoms with Crippen molar-refractivity contribution < 1.29 is 9.59 Å². The Morgan fingerprint density at radius 1 is 1.15 bits per heavy atom. The highest BCUT2D eigenvalue weighted by Crippen LogP contribution is 2.00. The minimum Gasteiger partial charge on any atom is -0.352 e. The summed E-state index contributed by atoms with van der Waals surface area (Å²) in [5, 5.41) is 5.47. The zero-order valence-electron chi connectivity index (χ0n) is 12.2. The molecule has 4 heteroatoms. The van der Waals surface area contributed by atoms with E-state index in [-0.39, 0.29) is 17.9 Å². The van der Waals surface area contributed by atoms with Crippen LogP contribution in [0.15, 0.2) is 36.4 Å². The minimum absolute atomic E-state index is 0.113. The van der Waals surface area contributed by atoms with E-state index in [2.05, 4.69) is 10.6 Å². The Bertz CT molecular complexity index is 469. The van der Waals surface area contributed by atoms with Crippen molar-refractivity contribution >= 4 is 17.9 Å². The molecule has 0 spiro atoms. The molecule has 0 aliphatic heterocycles. The van der Waals surface area contributed by atoms with Crippen LogP contribution in [0.4, 0.5) is 0 Å². The SMILES string of the molecule is CCC(C)NC(=O)C(C)NC(=O)C=Cc1ccccc1. The summed E-state index contributed by atoms with van der Waals surface area (Å²) in [5.41, 5.74) is 0.944. The van der Waals surface area contributed by atoms with Crippen molar-refractivity contribution in [3.8, 4) is 0 Å². The first-order chi connectivity index (χ1) is 9.52. The molecule has 0 fully saturated rings. The molecule has 0 heterocycles. The van der Waals surface area contributed by atoms with Gasteiger partial charge in [-0.15, -0.1) is 0 Å². The second-order valence-electron chi connectivity index (χ2n) is 4.79. The van der Waals surface area contributed by atoms with E-state index in [0.717, 1.165) is 12.0 Å². The zero-order chi connectivity index (χ0) is 15.0. The summed E-state index contributed by atoms with van der Waals surface area (Å²) in [7, 11) is 0. The quantitative estimate of drug-likeness (QED) is 0.781. The average molecular weight is 274 g/mol. The van der Waals surface area contributed by atoms with Crippen LogP contribution in [0.3, 0.4) is 0 Å². The third-order valence-corrected chi connectivity index (χ3v) is 2.98. The number of hydrogen-bond donors (Lipinski definition) is 2. The molecule has 0 saturated heterocycles. The Hall–Kier alpha value is -2.10. The van der Waals surface area contributed by atoms with Crippen LogP contribution >= 0.6 is 0 Å². The van der Waals surface area contributed by atoms with Crippen molar-refractivity contribution in [2.75, 3.05) is 0 Å². The molecule has 0 aliphatic rings. The molecule has 0 saturated carbocycles. The Morgan fingerprint density at radius 2 is 1.80 bits per heavy atom. The van der Waals surface area contributed by atoms with Gasteiger partial charge >= 0.3 is 0 Å². The van der Waals surface area contributed by atoms with Crippen LogP contribution in [0.1, 0.15) is 32.8 Å². The molecule has 0 bridgehead atoms. The molecule has 2 amide bonds. The largest absolute Gasteiger partial charge is 0.352 e. The molecule has 0 aromatic heterocycles. The van der Waals surface area contributed by atoms with Crippen LogP contribution in [0.25, 0.3) is 6.08 Å². The fourth-order valence-electron chi connectivity index (χ4n) is 1.53. The summed E-state index contributed by atoms with van der Waals surface area (Å²) in [5.74, 6) is -0.443. The maximum Gasteiger partial charge on any atom is 0.244 e. The van der Waals surface area contributed by atoms with E-state index in [0.29, 0.717) is 0 Å². The van der Waals surface area contributed by atoms with Gasteiger partial charge in [-0.25, -0.2) is 0 Å². The zero-order valence-corrected chi connectivity index (χ0v) is 12.2. The van der Waals surface area contributed by atoms with Gasteiger partial charge in [-0.05, 0) is 31.9 Å². The first kappa shape index (κ1) is 16.0. The minimum atomic E-state index is -0.545. The molecule has 2 N–H and O–H groups in total. The van der Waals surface area contributed by atoms with Crippen molar-refractivity contribution in [3.05, 3.63) is 42.0 Å². The molecule has 1 rings (SSSR count). The molecule has 0 aliphatic carbocycles. The van der Waals surface area contributed by atoms with Gasteiger partial charge in [-0.2, -0.15) is 0 Å². The summed E-state index contributed by atoms with van der Waals surface area (Å²) < 4.78 is 0. The van der Waals surface area contributed by atoms with Gasteiger partial charge in [0, 0.05) is 12.1 Å². The molecule has 20 heavy (non-hydrogen) atoms. The number of nitrogens with one attached hydrogen (secondary N) is 2. The summed E-state index contributed by atoms with van der Waals surface area (Å²) in [6.45, 7) is 5.60. The fraction of sp³-hybridized carbons (Fsp3) is 0.375. The third kappa shape index (κ3) is 5.69. The van der Waals surface area contributed by atoms with Gasteiger partial charge in [0.15, 0.2) is 0 Å². The highest BCUT2D eigenvalue weighted by Gasteiger charge is 2.15. The third-order valence-electron chi connectivity index (χ3n) is 2.98. The molecular weight excluding hydrogens is 252 g/mol. The number of amides is 2. The van der Waals surface area contributed by atoms with Crippen LogP contribution < -0.4 is 10.6 Å². The van der Waals surface area contributed by atoms with E-state index in [9.17, 15) is 9.59 Å². The second-order valence-corrected chi connectivity index (χ2v) is 4.79. The van der Waals surface area contributed by atoms with Crippen LogP contribution in [0, 0.1) is 0 Å². The molecule has 2 atom stereocenters. The number of hydrogen-bond acceptors (Lipinski definition) is 2. The van der Waals surface area contributed by atoms with Crippen LogP contribution in [0.5, 0.6) is 0 Å². The van der Waals surface area contributed by atoms with Crippen LogP contribution in [-0.4, -0.2) is 23.9 Å². The number of carbonyl (C=O) groups is 2. The summed E-state index contributed by atoms with van der Waals surface area (Å²) >= 11 is 0. The highest BCUT2D eigenvalue weighted by molar-refractivity contribution is 5.95. The molecule has 1 aromatic rings. The summed E-state index contributed by atoms with van der Waals surface area (Å²) in [6, 6.07) is 9.10. The van der Waals surface area contributed by atoms with Gasteiger partial charge in [0.25, 0.3) is 0 Å². The van der Waals surface area contributed by atoms with Gasteiger partial charge in [0.1, 0.15) is 6.04 Å². The van der Waals surface area contributed by atoms with Crippen LogP contribution in [0.2, 0.25) is 0 Å². The molecule has 1 aromatic carbocycles. The monoisotopic (exact) mass is 274 g/mol. The first-order valence-electron chi connectivity index (χ1n) is 6.87. The fourth-order valence-corrected chi connectivity index (χ4v) is 1.53. The van der Waals surface area contributed by atoms with Gasteiger partial charge in [0.05, 0.1) is 0 Å². The van der Waals surface area contributed by atoms with E-state index >= 15 is 0 Å². The molecule has 4 nitrogen and oxygen atoms in total. The molecule has 108 valence electrons. The van der Waals surface area contributed by atoms with Gasteiger partial charge in [-0.3, -0.25) is 9.59 Å². The number of carbonyl (C=O) groups excluding carboxylic acids is 2. The summed E-state index contributed by atoms with van der Waals surface area (Å²) in [6.07, 6.45) is 4.01. The Morgan fingerprint density at radius 3 is 2.40 bits per heavy atom. The highest BCUT2D eigenvalue weighted by atomic mass is 16.2.